The largest absolute Gasteiger partial charge is 0.462 e. The third-order valence-electron chi connectivity index (χ3n) is 6.37. The van der Waals surface area contributed by atoms with Gasteiger partial charge in [-0.1, -0.05) is 52.2 Å². The van der Waals surface area contributed by atoms with Crippen molar-refractivity contribution in [1.29, 1.82) is 0 Å². The van der Waals surface area contributed by atoms with Crippen molar-refractivity contribution in [2.24, 2.45) is 0 Å². The molecule has 0 bridgehead atoms. The topological polar surface area (TPSA) is 71.1 Å². The van der Waals surface area contributed by atoms with E-state index in [0.29, 0.717) is 24.2 Å². The molecule has 0 aromatic heterocycles. The van der Waals surface area contributed by atoms with Gasteiger partial charge in [0.1, 0.15) is 0 Å². The van der Waals surface area contributed by atoms with Crippen LogP contribution >= 0.6 is 0 Å². The summed E-state index contributed by atoms with van der Waals surface area (Å²) in [4.78, 5) is 23.6. The molecule has 1 atom stereocenters. The molecule has 10 heteroatoms. The normalized spacial score (nSPS) is 14.2. The van der Waals surface area contributed by atoms with E-state index in [4.69, 9.17) is 17.1 Å². The smallest absolute Gasteiger partial charge is 0.333 e. The molecule has 0 aliphatic heterocycles. The summed E-state index contributed by atoms with van der Waals surface area (Å²) in [6.45, 7) is 29.0. The Morgan fingerprint density at radius 1 is 0.658 bits per heavy atom. The Bertz CT molecular complexity index is 781. The van der Waals surface area contributed by atoms with Gasteiger partial charge in [-0.15, -0.1) is 0 Å². The van der Waals surface area contributed by atoms with E-state index in [-0.39, 0.29) is 11.8 Å². The third-order valence-corrected chi connectivity index (χ3v) is 22.6. The highest BCUT2D eigenvalue weighted by Gasteiger charge is 2.45. The lowest BCUT2D eigenvalue weighted by Gasteiger charge is -2.43. The molecule has 0 aromatic rings. The van der Waals surface area contributed by atoms with Crippen LogP contribution in [-0.2, 0) is 26.7 Å². The third kappa shape index (κ3) is 17.9. The molecule has 222 valence electrons. The van der Waals surface area contributed by atoms with Gasteiger partial charge in [0.05, 0.1) is 6.61 Å². The molecule has 1 unspecified atom stereocenters. The molecular formula is C28H58O6Si4. The molecule has 0 rings (SSSR count). The molecular weight excluding hydrogens is 545 g/mol. The number of esters is 1. The van der Waals surface area contributed by atoms with Gasteiger partial charge < -0.3 is 17.1 Å². The Labute approximate surface area is 238 Å². The number of hydrogen-bond acceptors (Lipinski definition) is 6. The van der Waals surface area contributed by atoms with Crippen molar-refractivity contribution in [3.8, 4) is 0 Å². The lowest BCUT2D eigenvalue weighted by atomic mass is 10.1. The molecule has 6 nitrogen and oxygen atoms in total. The van der Waals surface area contributed by atoms with Crippen LogP contribution in [0.3, 0.4) is 0 Å². The Balaban J connectivity index is 5.21. The number of ether oxygens (including phenoxy) is 1. The van der Waals surface area contributed by atoms with Crippen LogP contribution in [0.25, 0.3) is 0 Å². The molecule has 0 saturated carbocycles. The highest BCUT2D eigenvalue weighted by molar-refractivity contribution is 6.89. The second-order valence-corrected chi connectivity index (χ2v) is 28.7. The lowest BCUT2D eigenvalue weighted by Crippen LogP contribution is -2.57. The number of allylic oxidation sites excluding steroid dienone is 1. The van der Waals surface area contributed by atoms with Crippen molar-refractivity contribution in [3.63, 3.8) is 0 Å². The first-order chi connectivity index (χ1) is 17.3. The van der Waals surface area contributed by atoms with Gasteiger partial charge in [-0.3, -0.25) is 4.79 Å². The van der Waals surface area contributed by atoms with E-state index in [2.05, 4.69) is 65.9 Å². The zero-order valence-electron chi connectivity index (χ0n) is 26.3. The van der Waals surface area contributed by atoms with Crippen LogP contribution in [0.15, 0.2) is 24.3 Å². The van der Waals surface area contributed by atoms with Crippen LogP contribution in [0, 0.1) is 0 Å². The van der Waals surface area contributed by atoms with Gasteiger partial charge in [0.25, 0.3) is 0 Å². The maximum absolute atomic E-state index is 11.9. The first kappa shape index (κ1) is 37.4. The molecule has 0 radical (unpaired) electrons. The fraction of sp³-hybridized carbons (Fsp3) is 0.786. The van der Waals surface area contributed by atoms with Crippen molar-refractivity contribution < 1.29 is 26.7 Å². The first-order valence-corrected chi connectivity index (χ1v) is 26.0. The maximum atomic E-state index is 11.9. The van der Waals surface area contributed by atoms with Crippen LogP contribution in [0.5, 0.6) is 0 Å². The molecule has 0 heterocycles. The SMILES string of the molecule is C=C(C)C(=O)CCCC[Si](C)(C)O[Si](C)(CCCCCC)O[Si](C)(C)O[Si](C)(C)CCCOC(=O)C(=C)C. The van der Waals surface area contributed by atoms with Gasteiger partial charge in [0.2, 0.25) is 0 Å². The van der Waals surface area contributed by atoms with Gasteiger partial charge in [-0.25, -0.2) is 4.79 Å². The number of carbonyl (C=O) groups is 2. The predicted octanol–water partition coefficient (Wildman–Crippen LogP) is 8.63. The number of hydrogen-bond donors (Lipinski definition) is 0. The summed E-state index contributed by atoms with van der Waals surface area (Å²) in [5.41, 5.74) is 1.07. The van der Waals surface area contributed by atoms with E-state index in [9.17, 15) is 9.59 Å². The molecule has 0 N–H and O–H groups in total. The lowest BCUT2D eigenvalue weighted by molar-refractivity contribution is -0.138. The van der Waals surface area contributed by atoms with Gasteiger partial charge >= 0.3 is 23.1 Å². The first-order valence-electron chi connectivity index (χ1n) is 14.5. The molecule has 0 fully saturated rings. The summed E-state index contributed by atoms with van der Waals surface area (Å²) in [7, 11) is -8.95. The van der Waals surface area contributed by atoms with Gasteiger partial charge in [0, 0.05) is 12.0 Å². The average Bonchev–Trinajstić information content (AvgIpc) is 2.75. The van der Waals surface area contributed by atoms with Gasteiger partial charge in [-0.2, -0.15) is 0 Å². The van der Waals surface area contributed by atoms with Crippen LogP contribution in [0.2, 0.25) is 64.0 Å². The Morgan fingerprint density at radius 3 is 1.76 bits per heavy atom. The highest BCUT2D eigenvalue weighted by atomic mass is 28.5. The van der Waals surface area contributed by atoms with Crippen LogP contribution in [-0.4, -0.2) is 52.1 Å². The quantitative estimate of drug-likeness (QED) is 0.0534. The van der Waals surface area contributed by atoms with Gasteiger partial charge in [-0.05, 0) is 96.2 Å². The summed E-state index contributed by atoms with van der Waals surface area (Å²) in [5.74, 6) is -0.172. The Kier molecular flexibility index (Phi) is 17.0. The summed E-state index contributed by atoms with van der Waals surface area (Å²) < 4.78 is 26.0. The summed E-state index contributed by atoms with van der Waals surface area (Å²) in [6, 6.07) is 2.90. The molecule has 0 aliphatic rings. The number of Topliss-reactive ketones (excluding diaryl/α,β-unsaturated/α-hetero) is 1. The summed E-state index contributed by atoms with van der Waals surface area (Å²) in [6.07, 6.45) is 7.97. The summed E-state index contributed by atoms with van der Waals surface area (Å²) >= 11 is 0. The van der Waals surface area contributed by atoms with Crippen molar-refractivity contribution in [1.82, 2.24) is 0 Å². The fourth-order valence-corrected chi connectivity index (χ4v) is 24.6. The van der Waals surface area contributed by atoms with E-state index in [1.54, 1.807) is 13.8 Å². The van der Waals surface area contributed by atoms with Crippen LogP contribution in [0.4, 0.5) is 0 Å². The van der Waals surface area contributed by atoms with Crippen molar-refractivity contribution in [2.75, 3.05) is 6.61 Å². The van der Waals surface area contributed by atoms with E-state index in [1.165, 1.54) is 19.3 Å². The predicted molar refractivity (Wildman–Crippen MR) is 170 cm³/mol. The van der Waals surface area contributed by atoms with Crippen LogP contribution < -0.4 is 0 Å². The minimum atomic E-state index is -2.47. The van der Waals surface area contributed by atoms with Gasteiger partial charge in [0.15, 0.2) is 22.4 Å². The van der Waals surface area contributed by atoms with Crippen molar-refractivity contribution in [2.45, 2.75) is 136 Å². The van der Waals surface area contributed by atoms with E-state index in [0.717, 1.165) is 43.8 Å². The second-order valence-electron chi connectivity index (χ2n) is 12.6. The molecule has 0 amide bonds. The van der Waals surface area contributed by atoms with Crippen molar-refractivity contribution >= 4 is 45.5 Å². The number of rotatable bonds is 22. The zero-order valence-corrected chi connectivity index (χ0v) is 30.3. The van der Waals surface area contributed by atoms with E-state index in [1.807, 2.05) is 0 Å². The highest BCUT2D eigenvalue weighted by Crippen LogP contribution is 2.31. The average molecular weight is 603 g/mol. The summed E-state index contributed by atoms with van der Waals surface area (Å²) in [5, 5.41) is 0. The number of unbranched alkanes of at least 4 members (excludes halogenated alkanes) is 4. The molecule has 0 aliphatic carbocycles. The number of carbonyl (C=O) groups excluding carboxylic acids is 2. The van der Waals surface area contributed by atoms with E-state index >= 15 is 0 Å². The molecule has 0 saturated heterocycles. The fourth-order valence-electron chi connectivity index (χ4n) is 4.72. The minimum absolute atomic E-state index is 0.162. The monoisotopic (exact) mass is 602 g/mol. The zero-order chi connectivity index (χ0) is 29.6. The maximum Gasteiger partial charge on any atom is 0.333 e. The Morgan fingerprint density at radius 2 is 1.21 bits per heavy atom. The van der Waals surface area contributed by atoms with Crippen LogP contribution in [0.1, 0.15) is 72.1 Å². The van der Waals surface area contributed by atoms with Crippen molar-refractivity contribution in [3.05, 3.63) is 24.3 Å². The minimum Gasteiger partial charge on any atom is -0.462 e. The van der Waals surface area contributed by atoms with E-state index < -0.39 is 33.8 Å². The number of ketones is 1. The molecule has 38 heavy (non-hydrogen) atoms. The standard InChI is InChI=1S/C28H58O6Si4/c1-13-14-15-17-24-38(12,33-36(8,9)22-18-16-20-27(29)25(2)3)34-37(10,11)32-35(6,7)23-19-21-31-28(30)26(4)5/h2,4,13-24H2,1,3,5-12H3. The molecule has 0 aromatic carbocycles. The second kappa shape index (κ2) is 17.2. The Hall–Kier alpha value is -0.632. The molecule has 0 spiro atoms.